The van der Waals surface area contributed by atoms with Crippen LogP contribution < -0.4 is 4.74 Å². The summed E-state index contributed by atoms with van der Waals surface area (Å²) in [6, 6.07) is 5.90. The molecule has 0 saturated carbocycles. The largest absolute Gasteiger partial charge is 0.488 e. The molecule has 1 aromatic carbocycles. The quantitative estimate of drug-likeness (QED) is 0.889. The molecule has 0 radical (unpaired) electrons. The fraction of sp³-hybridized carbons (Fsp3) is 0.500. The smallest absolute Gasteiger partial charge is 0.165 e. The van der Waals surface area contributed by atoms with Gasteiger partial charge in [-0.2, -0.15) is 0 Å². The molecule has 0 aliphatic carbocycles. The maximum atomic E-state index is 13.2. The SMILES string of the molecule is O=S1(=O)CCC(C(O)COc2ccccc2F)C1. The van der Waals surface area contributed by atoms with Crippen molar-refractivity contribution in [1.82, 2.24) is 0 Å². The zero-order valence-corrected chi connectivity index (χ0v) is 10.6. The van der Waals surface area contributed by atoms with Gasteiger partial charge in [0.1, 0.15) is 6.61 Å². The molecule has 6 heteroatoms. The number of sulfone groups is 1. The minimum atomic E-state index is -3.02. The van der Waals surface area contributed by atoms with Gasteiger partial charge in [-0.25, -0.2) is 12.8 Å². The summed E-state index contributed by atoms with van der Waals surface area (Å²) in [4.78, 5) is 0. The van der Waals surface area contributed by atoms with Crippen molar-refractivity contribution in [2.75, 3.05) is 18.1 Å². The molecule has 2 unspecified atom stereocenters. The second-order valence-electron chi connectivity index (χ2n) is 4.47. The van der Waals surface area contributed by atoms with Crippen LogP contribution >= 0.6 is 0 Å². The highest BCUT2D eigenvalue weighted by Gasteiger charge is 2.33. The predicted octanol–water partition coefficient (Wildman–Crippen LogP) is 1.00. The highest BCUT2D eigenvalue weighted by Crippen LogP contribution is 2.23. The highest BCUT2D eigenvalue weighted by molar-refractivity contribution is 7.91. The van der Waals surface area contributed by atoms with E-state index in [0.29, 0.717) is 6.42 Å². The van der Waals surface area contributed by atoms with Gasteiger partial charge in [-0.15, -0.1) is 0 Å². The summed E-state index contributed by atoms with van der Waals surface area (Å²) < 4.78 is 40.9. The van der Waals surface area contributed by atoms with Gasteiger partial charge in [0.15, 0.2) is 21.4 Å². The maximum absolute atomic E-state index is 13.2. The summed E-state index contributed by atoms with van der Waals surface area (Å²) in [6.07, 6.45) is -0.452. The molecule has 1 aromatic rings. The first-order valence-corrected chi connectivity index (χ1v) is 7.56. The third-order valence-corrected chi connectivity index (χ3v) is 4.85. The Labute approximate surface area is 105 Å². The van der Waals surface area contributed by atoms with Gasteiger partial charge in [-0.05, 0) is 18.6 Å². The molecule has 4 nitrogen and oxygen atoms in total. The van der Waals surface area contributed by atoms with Crippen molar-refractivity contribution in [3.05, 3.63) is 30.1 Å². The van der Waals surface area contributed by atoms with Gasteiger partial charge < -0.3 is 9.84 Å². The Hall–Kier alpha value is -1.14. The van der Waals surface area contributed by atoms with Crippen LogP contribution in [0.1, 0.15) is 6.42 Å². The molecule has 1 aliphatic rings. The van der Waals surface area contributed by atoms with Crippen LogP contribution in [0.5, 0.6) is 5.75 Å². The Balaban J connectivity index is 1.89. The number of hydrogen-bond donors (Lipinski definition) is 1. The molecule has 0 aromatic heterocycles. The van der Waals surface area contributed by atoms with E-state index >= 15 is 0 Å². The molecule has 1 N–H and O–H groups in total. The predicted molar refractivity (Wildman–Crippen MR) is 64.7 cm³/mol. The van der Waals surface area contributed by atoms with E-state index < -0.39 is 21.8 Å². The van der Waals surface area contributed by atoms with Crippen LogP contribution in [-0.4, -0.2) is 37.7 Å². The van der Waals surface area contributed by atoms with Crippen LogP contribution in [0.15, 0.2) is 24.3 Å². The van der Waals surface area contributed by atoms with E-state index in [1.54, 1.807) is 12.1 Å². The van der Waals surface area contributed by atoms with Crippen molar-refractivity contribution in [3.63, 3.8) is 0 Å². The number of aliphatic hydroxyl groups excluding tert-OH is 1. The van der Waals surface area contributed by atoms with Gasteiger partial charge in [0.25, 0.3) is 0 Å². The number of hydrogen-bond acceptors (Lipinski definition) is 4. The average Bonchev–Trinajstić information content (AvgIpc) is 2.68. The van der Waals surface area contributed by atoms with E-state index in [-0.39, 0.29) is 29.8 Å². The Morgan fingerprint density at radius 3 is 2.78 bits per heavy atom. The van der Waals surface area contributed by atoms with Crippen LogP contribution in [0.4, 0.5) is 4.39 Å². The molecule has 18 heavy (non-hydrogen) atoms. The lowest BCUT2D eigenvalue weighted by Gasteiger charge is -2.17. The summed E-state index contributed by atoms with van der Waals surface area (Å²) in [5.41, 5.74) is 0. The number of rotatable bonds is 4. The fourth-order valence-electron chi connectivity index (χ4n) is 2.00. The van der Waals surface area contributed by atoms with E-state index in [1.165, 1.54) is 12.1 Å². The molecule has 0 bridgehead atoms. The van der Waals surface area contributed by atoms with Gasteiger partial charge in [0.2, 0.25) is 0 Å². The minimum Gasteiger partial charge on any atom is -0.488 e. The summed E-state index contributed by atoms with van der Waals surface area (Å²) >= 11 is 0. The number of halogens is 1. The minimum absolute atomic E-state index is 0.0190. The van der Waals surface area contributed by atoms with Crippen molar-refractivity contribution in [2.24, 2.45) is 5.92 Å². The number of aliphatic hydroxyl groups is 1. The molecule has 1 heterocycles. The van der Waals surface area contributed by atoms with E-state index in [9.17, 15) is 17.9 Å². The zero-order chi connectivity index (χ0) is 13.2. The molecule has 0 amide bonds. The van der Waals surface area contributed by atoms with Crippen LogP contribution in [0, 0.1) is 11.7 Å². The van der Waals surface area contributed by atoms with Gasteiger partial charge >= 0.3 is 0 Å². The molecule has 0 spiro atoms. The van der Waals surface area contributed by atoms with E-state index in [4.69, 9.17) is 4.74 Å². The lowest BCUT2D eigenvalue weighted by Crippen LogP contribution is -2.28. The van der Waals surface area contributed by atoms with E-state index in [2.05, 4.69) is 0 Å². The lowest BCUT2D eigenvalue weighted by atomic mass is 10.0. The van der Waals surface area contributed by atoms with Crippen LogP contribution in [-0.2, 0) is 9.84 Å². The molecule has 2 atom stereocenters. The number of ether oxygens (including phenoxy) is 1. The molecule has 1 saturated heterocycles. The summed E-state index contributed by atoms with van der Waals surface area (Å²) in [6.45, 7) is -0.0961. The summed E-state index contributed by atoms with van der Waals surface area (Å²) in [5, 5.41) is 9.82. The van der Waals surface area contributed by atoms with Crippen molar-refractivity contribution in [2.45, 2.75) is 12.5 Å². The lowest BCUT2D eigenvalue weighted by molar-refractivity contribution is 0.0645. The van der Waals surface area contributed by atoms with Crippen molar-refractivity contribution in [3.8, 4) is 5.75 Å². The molecule has 1 fully saturated rings. The second-order valence-corrected chi connectivity index (χ2v) is 6.70. The standard InChI is InChI=1S/C12H15FO4S/c13-10-3-1-2-4-12(10)17-7-11(14)9-5-6-18(15,16)8-9/h1-4,9,11,14H,5-8H2. The van der Waals surface area contributed by atoms with Gasteiger partial charge in [-0.3, -0.25) is 0 Å². The Morgan fingerprint density at radius 1 is 1.44 bits per heavy atom. The Bertz CT molecular complexity index is 515. The topological polar surface area (TPSA) is 63.6 Å². The zero-order valence-electron chi connectivity index (χ0n) is 9.75. The first-order valence-electron chi connectivity index (χ1n) is 5.74. The summed E-state index contributed by atoms with van der Waals surface area (Å²) in [7, 11) is -3.02. The van der Waals surface area contributed by atoms with Crippen LogP contribution in [0.25, 0.3) is 0 Å². The number of benzene rings is 1. The van der Waals surface area contributed by atoms with Gasteiger partial charge in [0.05, 0.1) is 17.6 Å². The van der Waals surface area contributed by atoms with E-state index in [0.717, 1.165) is 0 Å². The molecule has 1 aliphatic heterocycles. The molecular formula is C12H15FO4S. The normalized spacial score (nSPS) is 23.8. The summed E-state index contributed by atoms with van der Waals surface area (Å²) in [5.74, 6) is -0.661. The van der Waals surface area contributed by atoms with Crippen molar-refractivity contribution < 1.29 is 22.7 Å². The van der Waals surface area contributed by atoms with Gasteiger partial charge in [-0.1, -0.05) is 12.1 Å². The van der Waals surface area contributed by atoms with Gasteiger partial charge in [0, 0.05) is 5.92 Å². The first kappa shape index (κ1) is 13.3. The Kier molecular flexibility index (Phi) is 3.87. The van der Waals surface area contributed by atoms with E-state index in [1.807, 2.05) is 0 Å². The van der Waals surface area contributed by atoms with Crippen molar-refractivity contribution in [1.29, 1.82) is 0 Å². The average molecular weight is 274 g/mol. The highest BCUT2D eigenvalue weighted by atomic mass is 32.2. The Morgan fingerprint density at radius 2 is 2.17 bits per heavy atom. The molecule has 100 valence electrons. The van der Waals surface area contributed by atoms with Crippen LogP contribution in [0.3, 0.4) is 0 Å². The van der Waals surface area contributed by atoms with Crippen LogP contribution in [0.2, 0.25) is 0 Å². The third kappa shape index (κ3) is 3.20. The first-order chi connectivity index (χ1) is 8.48. The maximum Gasteiger partial charge on any atom is 0.165 e. The van der Waals surface area contributed by atoms with Crippen molar-refractivity contribution >= 4 is 9.84 Å². The number of para-hydroxylation sites is 1. The second kappa shape index (κ2) is 5.24. The molecular weight excluding hydrogens is 259 g/mol. The molecule has 2 rings (SSSR count). The fourth-order valence-corrected chi connectivity index (χ4v) is 3.87. The monoisotopic (exact) mass is 274 g/mol. The third-order valence-electron chi connectivity index (χ3n) is 3.06.